The van der Waals surface area contributed by atoms with Crippen molar-refractivity contribution in [3.8, 4) is 27.9 Å². The quantitative estimate of drug-likeness (QED) is 0.0583. The Morgan fingerprint density at radius 1 is 0.311 bits per heavy atom. The number of ether oxygens (including phenoxy) is 3. The van der Waals surface area contributed by atoms with Gasteiger partial charge in [-0.15, -0.1) is 0 Å². The molecule has 9 nitrogen and oxygen atoms in total. The van der Waals surface area contributed by atoms with Crippen molar-refractivity contribution in [2.45, 2.75) is 141 Å². The Kier molecular flexibility index (Phi) is 31.9. The van der Waals surface area contributed by atoms with Crippen LogP contribution in [0.1, 0.15) is 51.5 Å². The number of nitrogens with one attached hydrogen (secondary N) is 1. The van der Waals surface area contributed by atoms with Crippen LogP contribution in [0.5, 0.6) is 23.0 Å². The van der Waals surface area contributed by atoms with Crippen LogP contribution in [0.2, 0.25) is 0 Å². The van der Waals surface area contributed by atoms with Crippen LogP contribution in [0.4, 0.5) is 20.2 Å². The summed E-state index contributed by atoms with van der Waals surface area (Å²) in [7, 11) is -4.79. The van der Waals surface area contributed by atoms with Gasteiger partial charge in [0.05, 0.1) is 32.0 Å². The molecule has 1 aromatic heterocycles. The van der Waals surface area contributed by atoms with Crippen molar-refractivity contribution in [2.75, 3.05) is 28.3 Å². The fraction of sp³-hybridized carbons (Fsp3) is 0.0938. The summed E-state index contributed by atoms with van der Waals surface area (Å²) >= 11 is 0. The Bertz CT molecular complexity index is 8070. The number of fused-ring (bicyclic) bond motifs is 13. The summed E-state index contributed by atoms with van der Waals surface area (Å²) < 4.78 is 84.6. The smallest absolute Gasteiger partial charge is 0.338 e. The van der Waals surface area contributed by atoms with Crippen molar-refractivity contribution in [3.05, 3.63) is 490 Å². The van der Waals surface area contributed by atoms with Crippen molar-refractivity contribution in [1.29, 1.82) is 0 Å². The monoisotopic (exact) mass is 2110 g/mol. The number of thiophene rings is 1. The molecule has 19 aromatic carbocycles. The van der Waals surface area contributed by atoms with Crippen LogP contribution < -0.4 is 19.5 Å². The summed E-state index contributed by atoms with van der Waals surface area (Å²) in [5.74, 6) is 7.04. The van der Waals surface area contributed by atoms with Gasteiger partial charge in [-0.2, -0.15) is 0 Å². The summed E-state index contributed by atoms with van der Waals surface area (Å²) in [5.41, 5.74) is 4.59. The van der Waals surface area contributed by atoms with E-state index in [0.717, 1.165) is 61.4 Å². The lowest BCUT2D eigenvalue weighted by Crippen LogP contribution is -2.20. The number of aryl methyl sites for hydroxylation is 1. The molecule has 7 heterocycles. The van der Waals surface area contributed by atoms with E-state index in [1.807, 2.05) is 182 Å². The molecule has 2 saturated heterocycles. The molecule has 732 valence electrons. The molecule has 26 rings (SSSR count). The summed E-state index contributed by atoms with van der Waals surface area (Å²) in [4.78, 5) is 44.4. The molecular formula is C128H106F2NO8S9+7. The van der Waals surface area contributed by atoms with Crippen LogP contribution in [-0.4, -0.2) is 47.6 Å². The normalized spacial score (nSPS) is 14.9. The van der Waals surface area contributed by atoms with Gasteiger partial charge < -0.3 is 19.5 Å². The van der Waals surface area contributed by atoms with E-state index in [9.17, 15) is 31.0 Å². The fourth-order valence-electron chi connectivity index (χ4n) is 18.6. The maximum Gasteiger partial charge on any atom is 0.338 e. The maximum absolute atomic E-state index is 13.2. The second-order valence-electron chi connectivity index (χ2n) is 35.7. The van der Waals surface area contributed by atoms with E-state index in [1.165, 1.54) is 159 Å². The largest absolute Gasteiger partial charge is 0.447 e. The first-order chi connectivity index (χ1) is 72.4. The van der Waals surface area contributed by atoms with Gasteiger partial charge >= 0.3 is 11.9 Å². The number of hydrogen-bond acceptors (Lipinski definition) is 9. The minimum absolute atomic E-state index is 0.0287. The number of anilines is 2. The molecule has 0 spiro atoms. The topological polar surface area (TPSA) is 125 Å². The van der Waals surface area contributed by atoms with E-state index in [0.29, 0.717) is 54.2 Å². The van der Waals surface area contributed by atoms with E-state index < -0.39 is 20.6 Å². The van der Waals surface area contributed by atoms with Crippen LogP contribution >= 0.6 is 10.5 Å². The Labute approximate surface area is 886 Å². The number of sulfone groups is 1. The zero-order valence-corrected chi connectivity index (χ0v) is 89.0. The SMILES string of the molecule is C=C(C)C(=O)Oc1ccc([S+]2CCCC2)c2ccccc12.C=C(C)C(=O)Oc1ccc([S+]2CCCCC2)c2ccccc12.Cc1ccc([S+]2c3ccccc3Nc3ccccc32)cc1.Fc1ccc(-[s+]2c3ccccc3c3ccccc32)cc1.Fc1ccc([S+]2c3ccccc3Oc3ccccc32)cc1.O=S1(=O)c2ccccc2[S+](c2ccccc2)c2ccccc21.O=S1c2ccccc2[S+](c2ccccc2)c2ccccc21. The molecule has 0 bridgehead atoms. The maximum atomic E-state index is 13.2. The summed E-state index contributed by atoms with van der Waals surface area (Å²) in [6.45, 7) is 12.8. The number of rotatable bonds is 11. The molecule has 148 heavy (non-hydrogen) atoms. The highest BCUT2D eigenvalue weighted by molar-refractivity contribution is 8.01. The van der Waals surface area contributed by atoms with Gasteiger partial charge in [-0.1, -0.05) is 225 Å². The van der Waals surface area contributed by atoms with Crippen LogP contribution in [0.3, 0.4) is 0 Å². The lowest BCUT2D eigenvalue weighted by molar-refractivity contribution is -0.130. The zero-order valence-electron chi connectivity index (χ0n) is 81.7. The van der Waals surface area contributed by atoms with E-state index in [-0.39, 0.29) is 77.6 Å². The molecule has 0 atom stereocenters. The molecule has 0 amide bonds. The second kappa shape index (κ2) is 46.6. The molecule has 20 heteroatoms. The van der Waals surface area contributed by atoms with Gasteiger partial charge in [-0.3, -0.25) is 0 Å². The summed E-state index contributed by atoms with van der Waals surface area (Å²) in [6.07, 6.45) is 6.65. The van der Waals surface area contributed by atoms with Crippen molar-refractivity contribution < 1.29 is 45.2 Å². The lowest BCUT2D eigenvalue weighted by Gasteiger charge is -2.20. The van der Waals surface area contributed by atoms with E-state index in [4.69, 9.17) is 14.2 Å². The first-order valence-electron chi connectivity index (χ1n) is 48.9. The number of hydrogen-bond donors (Lipinski definition) is 1. The molecule has 0 radical (unpaired) electrons. The van der Waals surface area contributed by atoms with Gasteiger partial charge in [0.1, 0.15) is 99.5 Å². The number of carbonyl (C=O) groups excluding carboxylic acids is 2. The van der Waals surface area contributed by atoms with Crippen LogP contribution in [-0.2, 0) is 95.6 Å². The average Bonchev–Trinajstić information content (AvgIpc) is 0.956. The van der Waals surface area contributed by atoms with Gasteiger partial charge in [0.25, 0.3) is 0 Å². The first-order valence-corrected chi connectivity index (χ1v) is 60.8. The highest BCUT2D eigenvalue weighted by Crippen LogP contribution is 2.53. The molecule has 1 N–H and O–H groups in total. The predicted octanol–water partition coefficient (Wildman–Crippen LogP) is 32.8. The van der Waals surface area contributed by atoms with Gasteiger partial charge in [-0.05, 0) is 283 Å². The third-order valence-electron chi connectivity index (χ3n) is 25.6. The third-order valence-corrected chi connectivity index (χ3v) is 46.3. The van der Waals surface area contributed by atoms with Crippen molar-refractivity contribution in [2.24, 2.45) is 0 Å². The Balaban J connectivity index is 0.000000105. The van der Waals surface area contributed by atoms with Crippen molar-refractivity contribution >= 4 is 162 Å². The number of benzene rings is 19. The van der Waals surface area contributed by atoms with E-state index in [2.05, 4.69) is 244 Å². The zero-order chi connectivity index (χ0) is 102. The van der Waals surface area contributed by atoms with Crippen LogP contribution in [0.25, 0.3) is 46.6 Å². The number of carbonyl (C=O) groups is 2. The van der Waals surface area contributed by atoms with Crippen LogP contribution in [0.15, 0.2) is 561 Å². The predicted molar refractivity (Wildman–Crippen MR) is 612 cm³/mol. The Hall–Kier alpha value is -14.0. The summed E-state index contributed by atoms with van der Waals surface area (Å²) in [5, 5.41) is 10.6. The molecule has 2 fully saturated rings. The van der Waals surface area contributed by atoms with E-state index in [1.54, 1.807) is 50.2 Å². The van der Waals surface area contributed by atoms with Gasteiger partial charge in [0.2, 0.25) is 19.6 Å². The molecule has 20 aromatic rings. The first kappa shape index (κ1) is 101. The minimum atomic E-state index is -3.44. The number of halogens is 2. The van der Waals surface area contributed by atoms with Gasteiger partial charge in [-0.25, -0.2) is 31.0 Å². The Morgan fingerprint density at radius 2 is 0.622 bits per heavy atom. The van der Waals surface area contributed by atoms with Crippen molar-refractivity contribution in [1.82, 2.24) is 0 Å². The molecule has 6 aliphatic heterocycles. The van der Waals surface area contributed by atoms with Gasteiger partial charge in [0.15, 0.2) is 84.5 Å². The standard InChI is InChI=1S/C19H16NS.C19H21O2S.C18H12FOS.C18H12FS.C18H13O2S2.C18H19O2S.C18H13OS2/c1-14-10-12-15(13-11-14)21-18-8-4-2-6-16(18)20-17-7-3-5-9-19(17)21;1-14(2)19(20)21-17-10-11-18(22-12-6-3-7-13-22)16-9-5-4-8-15(16)17;19-13-9-11-14(12-10-13)21-17-7-3-1-5-15(17)20-16-6-2-4-8-18(16)21;19-13-9-11-14(12-10-13)20-17-7-3-1-5-15(17)16-6-2-4-8-18(16)20;19-22(20)17-12-6-4-10-15(17)21(14-8-2-1-3-9-14)16-11-5-7-13-18(16)22;1-13(2)18(19)20-16-9-10-17(21-11-5-6-12-21)15-8-4-3-7-14(15)16;19-21-17-12-6-4-10-15(17)20(14-8-2-1-3-9-14)16-11-5-7-13-18(16)21/h2-13,20H,1H3;4-5,8-11H,1,3,6-7,12-13H2,2H3;1-12H;1-12H;1-13H;3-4,7-10H,1,5-6,11-12H2,2H3;1-13H/q7*+1. The highest BCUT2D eigenvalue weighted by Gasteiger charge is 2.47. The Morgan fingerprint density at radius 3 is 1.05 bits per heavy atom. The number of esters is 2. The van der Waals surface area contributed by atoms with Crippen molar-refractivity contribution in [3.63, 3.8) is 0 Å². The lowest BCUT2D eigenvalue weighted by atomic mass is 10.1. The molecule has 0 saturated carbocycles. The highest BCUT2D eigenvalue weighted by atomic mass is 32.2. The minimum Gasteiger partial charge on any atom is -0.447 e. The fourth-order valence-corrected chi connectivity index (χ4v) is 39.4. The molecule has 6 aliphatic rings. The molecule has 0 unspecified atom stereocenters. The van der Waals surface area contributed by atoms with Crippen LogP contribution in [0, 0.1) is 18.6 Å². The van der Waals surface area contributed by atoms with E-state index >= 15 is 0 Å². The number of para-hydroxylation sites is 4. The average molecular weight is 2110 g/mol. The third kappa shape index (κ3) is 22.0. The molecular weight excluding hydrogens is 2010 g/mol. The van der Waals surface area contributed by atoms with Gasteiger partial charge in [0, 0.05) is 87.9 Å². The second-order valence-corrected chi connectivity index (χ2v) is 53.3. The summed E-state index contributed by atoms with van der Waals surface area (Å²) in [6, 6.07) is 149. The molecule has 0 aliphatic carbocycles.